The van der Waals surface area contributed by atoms with Crippen LogP contribution in [0.15, 0.2) is 24.5 Å². The summed E-state index contributed by atoms with van der Waals surface area (Å²) < 4.78 is 8.09. The second-order valence-corrected chi connectivity index (χ2v) is 5.19. The zero-order chi connectivity index (χ0) is 11.9. The van der Waals surface area contributed by atoms with Crippen molar-refractivity contribution >= 4 is 11.0 Å². The molecule has 1 aliphatic carbocycles. The number of hydrogen-bond donors (Lipinski definition) is 1. The number of rotatable bonds is 2. The summed E-state index contributed by atoms with van der Waals surface area (Å²) in [7, 11) is 0. The molecule has 2 fully saturated rings. The van der Waals surface area contributed by atoms with Crippen LogP contribution in [0.1, 0.15) is 30.6 Å². The third-order valence-corrected chi connectivity index (χ3v) is 3.84. The van der Waals surface area contributed by atoms with E-state index >= 15 is 0 Å². The average Bonchev–Trinajstić information content (AvgIpc) is 3.19. The summed E-state index contributed by atoms with van der Waals surface area (Å²) in [5.41, 5.74) is 3.58. The van der Waals surface area contributed by atoms with E-state index in [1.54, 1.807) is 0 Å². The van der Waals surface area contributed by atoms with Crippen molar-refractivity contribution in [2.75, 3.05) is 19.7 Å². The number of nitrogens with zero attached hydrogens (tertiary/aromatic N) is 2. The molecule has 0 spiro atoms. The SMILES string of the molecule is c1cc2c(cc1C1CNCCO1)ncn2C1CC1. The first kappa shape index (κ1) is 10.5. The molecule has 4 heteroatoms. The van der Waals surface area contributed by atoms with Crippen molar-refractivity contribution in [3.05, 3.63) is 30.1 Å². The Hall–Kier alpha value is -1.39. The zero-order valence-electron chi connectivity index (χ0n) is 10.3. The minimum absolute atomic E-state index is 0.175. The number of aromatic nitrogens is 2. The van der Waals surface area contributed by atoms with Crippen LogP contribution in [0.4, 0.5) is 0 Å². The highest BCUT2D eigenvalue weighted by atomic mass is 16.5. The van der Waals surface area contributed by atoms with Crippen LogP contribution in [0.25, 0.3) is 11.0 Å². The number of hydrogen-bond acceptors (Lipinski definition) is 3. The normalized spacial score (nSPS) is 24.6. The lowest BCUT2D eigenvalue weighted by Gasteiger charge is -2.23. The Morgan fingerprint density at radius 3 is 3.06 bits per heavy atom. The summed E-state index contributed by atoms with van der Waals surface area (Å²) in [6.07, 6.45) is 4.74. The maximum absolute atomic E-state index is 5.78. The molecule has 94 valence electrons. The van der Waals surface area contributed by atoms with Crippen LogP contribution >= 0.6 is 0 Å². The Labute approximate surface area is 106 Å². The molecule has 1 saturated carbocycles. The predicted molar refractivity (Wildman–Crippen MR) is 69.6 cm³/mol. The van der Waals surface area contributed by atoms with Gasteiger partial charge >= 0.3 is 0 Å². The van der Waals surface area contributed by atoms with Crippen LogP contribution in [0, 0.1) is 0 Å². The van der Waals surface area contributed by atoms with Crippen molar-refractivity contribution in [2.45, 2.75) is 25.0 Å². The van der Waals surface area contributed by atoms with Gasteiger partial charge in [-0.05, 0) is 30.5 Å². The van der Waals surface area contributed by atoms with Crippen molar-refractivity contribution in [1.82, 2.24) is 14.9 Å². The number of nitrogens with one attached hydrogen (secondary N) is 1. The van der Waals surface area contributed by atoms with Gasteiger partial charge < -0.3 is 14.6 Å². The summed E-state index contributed by atoms with van der Waals surface area (Å²) >= 11 is 0. The molecule has 18 heavy (non-hydrogen) atoms. The number of imidazole rings is 1. The highest BCUT2D eigenvalue weighted by Crippen LogP contribution is 2.37. The molecule has 1 aromatic carbocycles. The Kier molecular flexibility index (Phi) is 2.38. The van der Waals surface area contributed by atoms with Crippen molar-refractivity contribution < 1.29 is 4.74 Å². The van der Waals surface area contributed by atoms with E-state index in [0.29, 0.717) is 6.04 Å². The van der Waals surface area contributed by atoms with Crippen molar-refractivity contribution in [3.63, 3.8) is 0 Å². The van der Waals surface area contributed by atoms with E-state index in [-0.39, 0.29) is 6.10 Å². The van der Waals surface area contributed by atoms with Crippen LogP contribution in [-0.2, 0) is 4.74 Å². The first-order valence-electron chi connectivity index (χ1n) is 6.70. The van der Waals surface area contributed by atoms with Gasteiger partial charge in [0, 0.05) is 19.1 Å². The molecule has 4 nitrogen and oxygen atoms in total. The van der Waals surface area contributed by atoms with Gasteiger partial charge in [0.25, 0.3) is 0 Å². The largest absolute Gasteiger partial charge is 0.371 e. The van der Waals surface area contributed by atoms with E-state index in [1.165, 1.54) is 23.9 Å². The average molecular weight is 243 g/mol. The number of fused-ring (bicyclic) bond motifs is 1. The zero-order valence-corrected chi connectivity index (χ0v) is 10.3. The van der Waals surface area contributed by atoms with Gasteiger partial charge in [-0.1, -0.05) is 6.07 Å². The lowest BCUT2D eigenvalue weighted by Crippen LogP contribution is -2.33. The topological polar surface area (TPSA) is 39.1 Å². The maximum atomic E-state index is 5.78. The summed E-state index contributed by atoms with van der Waals surface area (Å²) in [5, 5.41) is 3.36. The Morgan fingerprint density at radius 2 is 2.28 bits per heavy atom. The molecule has 1 N–H and O–H groups in total. The van der Waals surface area contributed by atoms with Crippen LogP contribution < -0.4 is 5.32 Å². The summed E-state index contributed by atoms with van der Waals surface area (Å²) in [6.45, 7) is 2.64. The van der Waals surface area contributed by atoms with Crippen LogP contribution in [0.2, 0.25) is 0 Å². The molecule has 1 atom stereocenters. The summed E-state index contributed by atoms with van der Waals surface area (Å²) in [5.74, 6) is 0. The fourth-order valence-electron chi connectivity index (χ4n) is 2.67. The molecule has 0 amide bonds. The monoisotopic (exact) mass is 243 g/mol. The highest BCUT2D eigenvalue weighted by molar-refractivity contribution is 5.76. The molecule has 2 aromatic rings. The second-order valence-electron chi connectivity index (χ2n) is 5.19. The Morgan fingerprint density at radius 1 is 1.33 bits per heavy atom. The third-order valence-electron chi connectivity index (χ3n) is 3.84. The molecular formula is C14H17N3O. The quantitative estimate of drug-likeness (QED) is 0.877. The molecule has 1 aliphatic heterocycles. The van der Waals surface area contributed by atoms with Crippen molar-refractivity contribution in [3.8, 4) is 0 Å². The fraction of sp³-hybridized carbons (Fsp3) is 0.500. The van der Waals surface area contributed by atoms with E-state index in [2.05, 4.69) is 33.1 Å². The van der Waals surface area contributed by atoms with Gasteiger partial charge in [-0.2, -0.15) is 0 Å². The lowest BCUT2D eigenvalue weighted by atomic mass is 10.1. The minimum atomic E-state index is 0.175. The molecule has 0 bridgehead atoms. The van der Waals surface area contributed by atoms with E-state index in [4.69, 9.17) is 4.74 Å². The van der Waals surface area contributed by atoms with Gasteiger partial charge in [0.2, 0.25) is 0 Å². The van der Waals surface area contributed by atoms with Gasteiger partial charge in [0.15, 0.2) is 0 Å². The Balaban J connectivity index is 1.70. The van der Waals surface area contributed by atoms with Gasteiger partial charge in [-0.15, -0.1) is 0 Å². The van der Waals surface area contributed by atoms with Crippen LogP contribution in [-0.4, -0.2) is 29.2 Å². The summed E-state index contributed by atoms with van der Waals surface area (Å²) in [6, 6.07) is 7.23. The Bertz CT molecular complexity index is 567. The number of morpholine rings is 1. The summed E-state index contributed by atoms with van der Waals surface area (Å²) in [4.78, 5) is 4.52. The molecule has 2 heterocycles. The molecule has 2 aliphatic rings. The fourth-order valence-corrected chi connectivity index (χ4v) is 2.67. The molecule has 4 rings (SSSR count). The highest BCUT2D eigenvalue weighted by Gasteiger charge is 2.25. The van der Waals surface area contributed by atoms with E-state index in [9.17, 15) is 0 Å². The third kappa shape index (κ3) is 1.72. The molecule has 1 saturated heterocycles. The van der Waals surface area contributed by atoms with E-state index in [1.807, 2.05) is 6.33 Å². The second kappa shape index (κ2) is 4.07. The first-order valence-corrected chi connectivity index (χ1v) is 6.70. The first-order chi connectivity index (χ1) is 8.92. The van der Waals surface area contributed by atoms with E-state index in [0.717, 1.165) is 25.2 Å². The lowest BCUT2D eigenvalue weighted by molar-refractivity contribution is 0.0278. The van der Waals surface area contributed by atoms with Gasteiger partial charge in [0.1, 0.15) is 0 Å². The number of benzene rings is 1. The molecule has 0 radical (unpaired) electrons. The standard InChI is InChI=1S/C14H17N3O/c1-4-13-12(16-9-17(13)11-2-3-11)7-10(1)14-8-15-5-6-18-14/h1,4,7,9,11,14-15H,2-3,5-6,8H2. The van der Waals surface area contributed by atoms with Gasteiger partial charge in [-0.3, -0.25) is 0 Å². The number of ether oxygens (including phenoxy) is 1. The van der Waals surface area contributed by atoms with E-state index < -0.39 is 0 Å². The predicted octanol–water partition coefficient (Wildman–Crippen LogP) is 2.03. The van der Waals surface area contributed by atoms with Crippen molar-refractivity contribution in [2.24, 2.45) is 0 Å². The van der Waals surface area contributed by atoms with Crippen LogP contribution in [0.5, 0.6) is 0 Å². The van der Waals surface area contributed by atoms with Gasteiger partial charge in [-0.25, -0.2) is 4.98 Å². The minimum Gasteiger partial charge on any atom is -0.371 e. The smallest absolute Gasteiger partial charge is 0.0960 e. The molecular weight excluding hydrogens is 226 g/mol. The molecule has 1 unspecified atom stereocenters. The maximum Gasteiger partial charge on any atom is 0.0960 e. The van der Waals surface area contributed by atoms with Gasteiger partial charge in [0.05, 0.1) is 30.1 Å². The molecule has 1 aromatic heterocycles. The van der Waals surface area contributed by atoms with Crippen LogP contribution in [0.3, 0.4) is 0 Å². The van der Waals surface area contributed by atoms with Crippen molar-refractivity contribution in [1.29, 1.82) is 0 Å².